The van der Waals surface area contributed by atoms with Gasteiger partial charge in [0.25, 0.3) is 0 Å². The third-order valence-electron chi connectivity index (χ3n) is 3.10. The van der Waals surface area contributed by atoms with Gasteiger partial charge in [-0.15, -0.1) is 0 Å². The van der Waals surface area contributed by atoms with E-state index in [4.69, 9.17) is 9.15 Å². The largest absolute Gasteiger partial charge is 0.447 e. The van der Waals surface area contributed by atoms with Crippen LogP contribution in [0.1, 0.15) is 56.8 Å². The van der Waals surface area contributed by atoms with Crippen LogP contribution in [0.4, 0.5) is 0 Å². The second-order valence-corrected chi connectivity index (χ2v) is 5.05. The molecule has 0 N–H and O–H groups in total. The fourth-order valence-electron chi connectivity index (χ4n) is 1.81. The van der Waals surface area contributed by atoms with Gasteiger partial charge in [0.15, 0.2) is 18.2 Å². The predicted octanol–water partition coefficient (Wildman–Crippen LogP) is 2.69. The highest BCUT2D eigenvalue weighted by Crippen LogP contribution is 2.19. The van der Waals surface area contributed by atoms with E-state index in [1.54, 1.807) is 6.92 Å². The van der Waals surface area contributed by atoms with Crippen molar-refractivity contribution in [2.24, 2.45) is 0 Å². The number of rotatable bonds is 6. The molecule has 0 saturated carbocycles. The highest BCUT2D eigenvalue weighted by atomic mass is 16.5. The molecule has 1 rings (SSSR count). The van der Waals surface area contributed by atoms with Crippen LogP contribution in [0.15, 0.2) is 10.8 Å². The minimum Gasteiger partial charge on any atom is -0.447 e. The minimum atomic E-state index is -0.489. The van der Waals surface area contributed by atoms with Crippen molar-refractivity contribution < 1.29 is 13.9 Å². The zero-order valence-electron chi connectivity index (χ0n) is 13.5. The summed E-state index contributed by atoms with van der Waals surface area (Å²) in [5, 5.41) is 0. The molecule has 21 heavy (non-hydrogen) atoms. The van der Waals surface area contributed by atoms with E-state index >= 15 is 0 Å². The molecule has 0 bridgehead atoms. The molecule has 1 aromatic rings. The zero-order chi connectivity index (χ0) is 15.8. The molecule has 0 radical (unpaired) electrons. The molecule has 1 atom stereocenters. The molecule has 0 saturated heterocycles. The van der Waals surface area contributed by atoms with Crippen LogP contribution >= 0.6 is 0 Å². The smallest absolute Gasteiger partial charge is 0.361 e. The van der Waals surface area contributed by atoms with Crippen molar-refractivity contribution in [3.8, 4) is 11.8 Å². The van der Waals surface area contributed by atoms with Gasteiger partial charge in [0, 0.05) is 5.92 Å². The van der Waals surface area contributed by atoms with Crippen LogP contribution in [0.2, 0.25) is 0 Å². The molecule has 0 aromatic carbocycles. The van der Waals surface area contributed by atoms with Gasteiger partial charge in [0.2, 0.25) is 0 Å². The van der Waals surface area contributed by atoms with Gasteiger partial charge in [-0.2, -0.15) is 0 Å². The summed E-state index contributed by atoms with van der Waals surface area (Å²) in [6.07, 6.45) is 0.799. The number of oxazole rings is 1. The Kier molecular flexibility index (Phi) is 6.97. The van der Waals surface area contributed by atoms with Crippen LogP contribution in [-0.4, -0.2) is 41.6 Å². The molecule has 0 fully saturated rings. The van der Waals surface area contributed by atoms with E-state index in [1.807, 2.05) is 13.8 Å². The fourth-order valence-corrected chi connectivity index (χ4v) is 1.81. The summed E-state index contributed by atoms with van der Waals surface area (Å²) in [4.78, 5) is 18.1. The second-order valence-electron chi connectivity index (χ2n) is 5.05. The Balaban J connectivity index is 2.58. The van der Waals surface area contributed by atoms with Crippen molar-refractivity contribution in [3.05, 3.63) is 17.8 Å². The van der Waals surface area contributed by atoms with Crippen LogP contribution in [0, 0.1) is 11.8 Å². The molecule has 0 aliphatic rings. The summed E-state index contributed by atoms with van der Waals surface area (Å²) in [7, 11) is 0. The maximum absolute atomic E-state index is 12.0. The van der Waals surface area contributed by atoms with Gasteiger partial charge in [-0.3, -0.25) is 4.90 Å². The molecule has 0 spiro atoms. The Hall–Kier alpha value is -1.80. The van der Waals surface area contributed by atoms with Gasteiger partial charge in [0.05, 0.1) is 6.54 Å². The van der Waals surface area contributed by atoms with Crippen LogP contribution in [0.3, 0.4) is 0 Å². The summed E-state index contributed by atoms with van der Waals surface area (Å²) in [6.45, 7) is 12.4. The van der Waals surface area contributed by atoms with E-state index in [9.17, 15) is 4.79 Å². The summed E-state index contributed by atoms with van der Waals surface area (Å²) >= 11 is 0. The maximum atomic E-state index is 12.0. The third kappa shape index (κ3) is 5.24. The normalized spacial score (nSPS) is 12.1. The quantitative estimate of drug-likeness (QED) is 0.596. The first-order valence-electron chi connectivity index (χ1n) is 7.34. The maximum Gasteiger partial charge on any atom is 0.361 e. The first-order chi connectivity index (χ1) is 9.99. The summed E-state index contributed by atoms with van der Waals surface area (Å²) in [5.74, 6) is 6.10. The van der Waals surface area contributed by atoms with Crippen LogP contribution in [-0.2, 0) is 4.74 Å². The van der Waals surface area contributed by atoms with Crippen molar-refractivity contribution in [2.75, 3.05) is 19.6 Å². The SMILES string of the molecule is CCN(CC)CC#CC(C)OC(=O)c1ncoc1C(C)C. The van der Waals surface area contributed by atoms with Gasteiger partial charge in [-0.25, -0.2) is 9.78 Å². The minimum absolute atomic E-state index is 0.0825. The third-order valence-corrected chi connectivity index (χ3v) is 3.10. The summed E-state index contributed by atoms with van der Waals surface area (Å²) in [6, 6.07) is 0. The van der Waals surface area contributed by atoms with Gasteiger partial charge < -0.3 is 9.15 Å². The number of aromatic nitrogens is 1. The van der Waals surface area contributed by atoms with E-state index in [0.29, 0.717) is 12.3 Å². The second kappa shape index (κ2) is 8.48. The Morgan fingerprint density at radius 2 is 2.05 bits per heavy atom. The molecule has 0 amide bonds. The lowest BCUT2D eigenvalue weighted by atomic mass is 10.1. The summed E-state index contributed by atoms with van der Waals surface area (Å²) < 4.78 is 10.5. The van der Waals surface area contributed by atoms with E-state index < -0.39 is 12.1 Å². The number of esters is 1. The van der Waals surface area contributed by atoms with E-state index in [2.05, 4.69) is 35.6 Å². The van der Waals surface area contributed by atoms with Crippen LogP contribution < -0.4 is 0 Å². The van der Waals surface area contributed by atoms with E-state index in [-0.39, 0.29) is 11.6 Å². The van der Waals surface area contributed by atoms with Crippen molar-refractivity contribution in [2.45, 2.75) is 46.6 Å². The van der Waals surface area contributed by atoms with Crippen molar-refractivity contribution >= 4 is 5.97 Å². The fraction of sp³-hybridized carbons (Fsp3) is 0.625. The number of hydrogen-bond donors (Lipinski definition) is 0. The first kappa shape index (κ1) is 17.3. The molecule has 0 aliphatic heterocycles. The average Bonchev–Trinajstić information content (AvgIpc) is 2.93. The van der Waals surface area contributed by atoms with E-state index in [1.165, 1.54) is 6.39 Å². The van der Waals surface area contributed by atoms with Gasteiger partial charge >= 0.3 is 5.97 Å². The monoisotopic (exact) mass is 292 g/mol. The first-order valence-corrected chi connectivity index (χ1v) is 7.34. The Bertz CT molecular complexity index is 507. The molecule has 1 heterocycles. The lowest BCUT2D eigenvalue weighted by Crippen LogP contribution is -2.23. The van der Waals surface area contributed by atoms with Gasteiger partial charge in [-0.1, -0.05) is 39.5 Å². The number of hydrogen-bond acceptors (Lipinski definition) is 5. The molecule has 1 unspecified atom stereocenters. The van der Waals surface area contributed by atoms with Gasteiger partial charge in [0.1, 0.15) is 5.76 Å². The van der Waals surface area contributed by atoms with Crippen LogP contribution in [0.25, 0.3) is 0 Å². The average molecular weight is 292 g/mol. The lowest BCUT2D eigenvalue weighted by Gasteiger charge is -2.13. The summed E-state index contributed by atoms with van der Waals surface area (Å²) in [5.41, 5.74) is 0.238. The standard InChI is InChI=1S/C16H24N2O3/c1-6-18(7-2)10-8-9-13(5)21-16(19)14-15(12(3)4)20-11-17-14/h11-13H,6-7,10H2,1-5H3. The topological polar surface area (TPSA) is 55.6 Å². The lowest BCUT2D eigenvalue weighted by molar-refractivity contribution is 0.0429. The molecular weight excluding hydrogens is 268 g/mol. The number of carbonyl (C=O) groups excluding carboxylic acids is 1. The molecular formula is C16H24N2O3. The predicted molar refractivity (Wildman–Crippen MR) is 81.0 cm³/mol. The van der Waals surface area contributed by atoms with Crippen LogP contribution in [0.5, 0.6) is 0 Å². The number of carbonyl (C=O) groups is 1. The zero-order valence-corrected chi connectivity index (χ0v) is 13.5. The molecule has 5 heteroatoms. The molecule has 0 aliphatic carbocycles. The highest BCUT2D eigenvalue weighted by molar-refractivity contribution is 5.88. The molecule has 5 nitrogen and oxygen atoms in total. The Labute approximate surface area is 126 Å². The van der Waals surface area contributed by atoms with Crippen molar-refractivity contribution in [3.63, 3.8) is 0 Å². The molecule has 1 aromatic heterocycles. The highest BCUT2D eigenvalue weighted by Gasteiger charge is 2.21. The Morgan fingerprint density at radius 3 is 2.62 bits per heavy atom. The number of ether oxygens (including phenoxy) is 1. The van der Waals surface area contributed by atoms with Crippen molar-refractivity contribution in [1.29, 1.82) is 0 Å². The Morgan fingerprint density at radius 1 is 1.38 bits per heavy atom. The van der Waals surface area contributed by atoms with Crippen molar-refractivity contribution in [1.82, 2.24) is 9.88 Å². The number of nitrogens with zero attached hydrogens (tertiary/aromatic N) is 2. The van der Waals surface area contributed by atoms with Gasteiger partial charge in [-0.05, 0) is 20.0 Å². The molecule has 116 valence electrons. The van der Waals surface area contributed by atoms with E-state index in [0.717, 1.165) is 13.1 Å².